The zero-order chi connectivity index (χ0) is 25.0. The highest BCUT2D eigenvalue weighted by Crippen LogP contribution is 2.31. The number of anilines is 1. The minimum Gasteiger partial charge on any atom is -0.347 e. The maximum Gasteiger partial charge on any atom is 0.256 e. The largest absolute Gasteiger partial charge is 0.347 e. The molecule has 2 fully saturated rings. The molecule has 35 heavy (non-hydrogen) atoms. The molecule has 188 valence electrons. The van der Waals surface area contributed by atoms with Crippen LogP contribution in [0.5, 0.6) is 0 Å². The monoisotopic (exact) mass is 520 g/mol. The molecule has 1 N–H and O–H groups in total. The number of hydrogen-bond donors (Lipinski definition) is 1. The van der Waals surface area contributed by atoms with Gasteiger partial charge in [0.05, 0.1) is 35.9 Å². The van der Waals surface area contributed by atoms with Crippen LogP contribution in [0.3, 0.4) is 0 Å². The van der Waals surface area contributed by atoms with E-state index in [2.05, 4.69) is 10.3 Å². The van der Waals surface area contributed by atoms with Gasteiger partial charge in [-0.2, -0.15) is 0 Å². The molecule has 3 heterocycles. The smallest absolute Gasteiger partial charge is 0.256 e. The second-order valence-corrected chi connectivity index (χ2v) is 10.1. The highest BCUT2D eigenvalue weighted by atomic mass is 35.5. The van der Waals surface area contributed by atoms with Crippen molar-refractivity contribution in [2.45, 2.75) is 44.9 Å². The van der Waals surface area contributed by atoms with Crippen LogP contribution in [-0.4, -0.2) is 77.2 Å². The van der Waals surface area contributed by atoms with E-state index in [9.17, 15) is 14.4 Å². The number of benzene rings is 1. The van der Waals surface area contributed by atoms with Gasteiger partial charge in [-0.3, -0.25) is 14.4 Å². The zero-order valence-electron chi connectivity index (χ0n) is 19.8. The third kappa shape index (κ3) is 6.19. The van der Waals surface area contributed by atoms with Gasteiger partial charge in [0.25, 0.3) is 5.91 Å². The standard InChI is InChI=1S/C24H29ClN4O5S/c1-16(2)29(22(32)18-5-3-4-6-19(18)25)14-20(30)27-23-26-17(15-35-23)13-21(31)28-9-7-24(8-10-28)33-11-12-34-24/h3-6,15-16H,7-14H2,1-2H3,(H,26,27,30). The van der Waals surface area contributed by atoms with Crippen molar-refractivity contribution in [2.24, 2.45) is 0 Å². The lowest BCUT2D eigenvalue weighted by atomic mass is 10.0. The lowest BCUT2D eigenvalue weighted by molar-refractivity contribution is -0.187. The summed E-state index contributed by atoms with van der Waals surface area (Å²) in [5.41, 5.74) is 0.942. The summed E-state index contributed by atoms with van der Waals surface area (Å²) in [7, 11) is 0. The van der Waals surface area contributed by atoms with E-state index in [0.717, 1.165) is 0 Å². The fraction of sp³-hybridized carbons (Fsp3) is 0.500. The molecule has 4 rings (SSSR count). The molecular formula is C24H29ClN4O5S. The van der Waals surface area contributed by atoms with Crippen molar-refractivity contribution >= 4 is 45.8 Å². The van der Waals surface area contributed by atoms with Crippen LogP contribution in [0.1, 0.15) is 42.7 Å². The highest BCUT2D eigenvalue weighted by Gasteiger charge is 2.40. The Morgan fingerprint density at radius 3 is 2.54 bits per heavy atom. The second kappa shape index (κ2) is 11.0. The number of carbonyl (C=O) groups excluding carboxylic acids is 3. The first-order valence-corrected chi connectivity index (χ1v) is 12.9. The Kier molecular flexibility index (Phi) is 8.05. The van der Waals surface area contributed by atoms with Gasteiger partial charge >= 0.3 is 0 Å². The third-order valence-corrected chi connectivity index (χ3v) is 7.26. The van der Waals surface area contributed by atoms with Crippen LogP contribution in [0.25, 0.3) is 0 Å². The Labute approximate surface area is 213 Å². The molecule has 2 aliphatic heterocycles. The fourth-order valence-electron chi connectivity index (χ4n) is 4.19. The number of likely N-dealkylation sites (tertiary alicyclic amines) is 1. The molecule has 0 atom stereocenters. The molecule has 0 saturated carbocycles. The van der Waals surface area contributed by atoms with Crippen LogP contribution in [0.15, 0.2) is 29.6 Å². The molecule has 3 amide bonds. The summed E-state index contributed by atoms with van der Waals surface area (Å²) in [4.78, 5) is 46.0. The Bertz CT molecular complexity index is 1080. The Morgan fingerprint density at radius 1 is 1.20 bits per heavy atom. The maximum atomic E-state index is 12.9. The number of nitrogens with zero attached hydrogens (tertiary/aromatic N) is 3. The lowest BCUT2D eigenvalue weighted by Gasteiger charge is -2.37. The molecule has 1 spiro atoms. The Balaban J connectivity index is 1.30. The number of nitrogens with one attached hydrogen (secondary N) is 1. The van der Waals surface area contributed by atoms with E-state index < -0.39 is 5.79 Å². The van der Waals surface area contributed by atoms with E-state index in [1.54, 1.807) is 34.5 Å². The van der Waals surface area contributed by atoms with E-state index in [1.165, 1.54) is 16.2 Å². The molecule has 0 radical (unpaired) electrons. The van der Waals surface area contributed by atoms with E-state index in [4.69, 9.17) is 21.1 Å². The SMILES string of the molecule is CC(C)N(CC(=O)Nc1nc(CC(=O)N2CCC3(CC2)OCCO3)cs1)C(=O)c1ccccc1Cl. The number of halogens is 1. The molecule has 0 bridgehead atoms. The van der Waals surface area contributed by atoms with Gasteiger partial charge in [0.2, 0.25) is 11.8 Å². The summed E-state index contributed by atoms with van der Waals surface area (Å²) in [6.07, 6.45) is 1.48. The zero-order valence-corrected chi connectivity index (χ0v) is 21.4. The van der Waals surface area contributed by atoms with Crippen LogP contribution in [0.2, 0.25) is 5.02 Å². The minimum atomic E-state index is -0.522. The number of thiazole rings is 1. The van der Waals surface area contributed by atoms with Gasteiger partial charge in [-0.25, -0.2) is 4.98 Å². The first kappa shape index (κ1) is 25.6. The molecule has 1 aromatic heterocycles. The van der Waals surface area contributed by atoms with Crippen molar-refractivity contribution in [1.29, 1.82) is 0 Å². The molecule has 2 saturated heterocycles. The summed E-state index contributed by atoms with van der Waals surface area (Å²) in [6, 6.07) is 6.55. The number of carbonyl (C=O) groups is 3. The van der Waals surface area contributed by atoms with E-state index >= 15 is 0 Å². The van der Waals surface area contributed by atoms with E-state index in [0.29, 0.717) is 60.6 Å². The molecule has 1 aromatic carbocycles. The molecule has 11 heteroatoms. The second-order valence-electron chi connectivity index (χ2n) is 8.86. The van der Waals surface area contributed by atoms with Crippen molar-refractivity contribution in [1.82, 2.24) is 14.8 Å². The predicted octanol–water partition coefficient (Wildman–Crippen LogP) is 3.19. The first-order chi connectivity index (χ1) is 16.8. The number of rotatable bonds is 7. The van der Waals surface area contributed by atoms with Gasteiger partial charge < -0.3 is 24.6 Å². The minimum absolute atomic E-state index is 0.0163. The van der Waals surface area contributed by atoms with Gasteiger partial charge in [0.15, 0.2) is 10.9 Å². The fourth-order valence-corrected chi connectivity index (χ4v) is 5.13. The normalized spacial score (nSPS) is 17.1. The number of ether oxygens (including phenoxy) is 2. The number of aromatic nitrogens is 1. The Hall–Kier alpha value is -2.53. The third-order valence-electron chi connectivity index (χ3n) is 6.12. The highest BCUT2D eigenvalue weighted by molar-refractivity contribution is 7.13. The molecule has 0 unspecified atom stereocenters. The number of piperidine rings is 1. The summed E-state index contributed by atoms with van der Waals surface area (Å²) < 4.78 is 11.4. The summed E-state index contributed by atoms with van der Waals surface area (Å²) >= 11 is 7.41. The van der Waals surface area contributed by atoms with E-state index in [-0.39, 0.29) is 36.7 Å². The summed E-state index contributed by atoms with van der Waals surface area (Å²) in [5.74, 6) is -1.23. The molecule has 9 nitrogen and oxygen atoms in total. The van der Waals surface area contributed by atoms with Gasteiger partial charge in [-0.15, -0.1) is 11.3 Å². The van der Waals surface area contributed by atoms with Crippen LogP contribution < -0.4 is 5.32 Å². The van der Waals surface area contributed by atoms with Gasteiger partial charge in [0.1, 0.15) is 6.54 Å². The van der Waals surface area contributed by atoms with Crippen LogP contribution in [-0.2, 0) is 25.5 Å². The van der Waals surface area contributed by atoms with Crippen molar-refractivity contribution in [2.75, 3.05) is 38.2 Å². The van der Waals surface area contributed by atoms with Gasteiger partial charge in [-0.1, -0.05) is 23.7 Å². The summed E-state index contributed by atoms with van der Waals surface area (Å²) in [6.45, 7) is 5.89. The average Bonchev–Trinajstić information content (AvgIpc) is 3.47. The molecular weight excluding hydrogens is 492 g/mol. The molecule has 2 aromatic rings. The molecule has 0 aliphatic carbocycles. The van der Waals surface area contributed by atoms with Crippen molar-refractivity contribution in [3.8, 4) is 0 Å². The first-order valence-electron chi connectivity index (χ1n) is 11.6. The van der Waals surface area contributed by atoms with Crippen molar-refractivity contribution in [3.05, 3.63) is 45.9 Å². The van der Waals surface area contributed by atoms with Crippen LogP contribution in [0, 0.1) is 0 Å². The summed E-state index contributed by atoms with van der Waals surface area (Å²) in [5, 5.41) is 5.22. The van der Waals surface area contributed by atoms with Crippen LogP contribution >= 0.6 is 22.9 Å². The maximum absolute atomic E-state index is 12.9. The van der Waals surface area contributed by atoms with E-state index in [1.807, 2.05) is 13.8 Å². The topological polar surface area (TPSA) is 101 Å². The van der Waals surface area contributed by atoms with Crippen LogP contribution in [0.4, 0.5) is 5.13 Å². The average molecular weight is 521 g/mol. The van der Waals surface area contributed by atoms with Crippen molar-refractivity contribution in [3.63, 3.8) is 0 Å². The Morgan fingerprint density at radius 2 is 1.89 bits per heavy atom. The number of hydrogen-bond acceptors (Lipinski definition) is 7. The van der Waals surface area contributed by atoms with Gasteiger partial charge in [0, 0.05) is 37.4 Å². The predicted molar refractivity (Wildman–Crippen MR) is 133 cm³/mol. The number of amides is 3. The lowest BCUT2D eigenvalue weighted by Crippen LogP contribution is -2.47. The quantitative estimate of drug-likeness (QED) is 0.601. The van der Waals surface area contributed by atoms with Gasteiger partial charge in [-0.05, 0) is 26.0 Å². The molecule has 2 aliphatic rings. The van der Waals surface area contributed by atoms with Crippen molar-refractivity contribution < 1.29 is 23.9 Å².